The van der Waals surface area contributed by atoms with Gasteiger partial charge in [0.15, 0.2) is 5.78 Å². The molecule has 1 aromatic carbocycles. The minimum atomic E-state index is 0.145. The SMILES string of the molecule is CN(C)C[C@@H]1CCc2[nH]c3ccccc3c2C1=O. The van der Waals surface area contributed by atoms with Gasteiger partial charge in [-0.3, -0.25) is 4.79 Å². The summed E-state index contributed by atoms with van der Waals surface area (Å²) in [4.78, 5) is 18.1. The van der Waals surface area contributed by atoms with Crippen LogP contribution in [0.1, 0.15) is 22.5 Å². The van der Waals surface area contributed by atoms with Crippen molar-refractivity contribution < 1.29 is 4.79 Å². The molecule has 1 aliphatic carbocycles. The molecule has 0 radical (unpaired) electrons. The van der Waals surface area contributed by atoms with E-state index in [1.54, 1.807) is 0 Å². The zero-order valence-electron chi connectivity index (χ0n) is 10.9. The van der Waals surface area contributed by atoms with Gasteiger partial charge in [-0.2, -0.15) is 0 Å². The number of aryl methyl sites for hydroxylation is 1. The molecule has 2 aromatic rings. The largest absolute Gasteiger partial charge is 0.358 e. The number of H-pyrrole nitrogens is 1. The van der Waals surface area contributed by atoms with Gasteiger partial charge in [0.2, 0.25) is 0 Å². The molecule has 3 rings (SSSR count). The summed E-state index contributed by atoms with van der Waals surface area (Å²) in [7, 11) is 4.05. The second-order valence-electron chi connectivity index (χ2n) is 5.39. The van der Waals surface area contributed by atoms with Crippen molar-refractivity contribution in [2.45, 2.75) is 12.8 Å². The smallest absolute Gasteiger partial charge is 0.169 e. The van der Waals surface area contributed by atoms with E-state index in [2.05, 4.69) is 9.88 Å². The minimum Gasteiger partial charge on any atom is -0.358 e. The van der Waals surface area contributed by atoms with Gasteiger partial charge in [0.05, 0.1) is 0 Å². The predicted octanol–water partition coefficient (Wildman–Crippen LogP) is 2.47. The monoisotopic (exact) mass is 242 g/mol. The lowest BCUT2D eigenvalue weighted by Gasteiger charge is -2.24. The number of nitrogens with zero attached hydrogens (tertiary/aromatic N) is 1. The average molecular weight is 242 g/mol. The van der Waals surface area contributed by atoms with Gasteiger partial charge >= 0.3 is 0 Å². The maximum absolute atomic E-state index is 12.6. The summed E-state index contributed by atoms with van der Waals surface area (Å²) in [6, 6.07) is 8.09. The number of benzene rings is 1. The Kier molecular flexibility index (Phi) is 2.71. The highest BCUT2D eigenvalue weighted by molar-refractivity contribution is 6.11. The molecule has 0 aliphatic heterocycles. The molecule has 3 heteroatoms. The minimum absolute atomic E-state index is 0.145. The molecule has 18 heavy (non-hydrogen) atoms. The number of hydrogen-bond donors (Lipinski definition) is 1. The van der Waals surface area contributed by atoms with Gasteiger partial charge in [0.1, 0.15) is 0 Å². The van der Waals surface area contributed by atoms with Crippen molar-refractivity contribution in [2.75, 3.05) is 20.6 Å². The number of rotatable bonds is 2. The molecule has 1 aromatic heterocycles. The average Bonchev–Trinajstić information content (AvgIpc) is 2.71. The maximum atomic E-state index is 12.6. The Morgan fingerprint density at radius 1 is 1.33 bits per heavy atom. The third-order valence-electron chi connectivity index (χ3n) is 3.73. The molecule has 0 saturated heterocycles. The number of carbonyl (C=O) groups is 1. The second kappa shape index (κ2) is 4.25. The Labute approximate surface area is 107 Å². The maximum Gasteiger partial charge on any atom is 0.169 e. The van der Waals surface area contributed by atoms with Crippen molar-refractivity contribution in [3.63, 3.8) is 0 Å². The van der Waals surface area contributed by atoms with Crippen LogP contribution in [0.4, 0.5) is 0 Å². The van der Waals surface area contributed by atoms with Gasteiger partial charge in [-0.1, -0.05) is 18.2 Å². The third kappa shape index (κ3) is 1.75. The molecule has 0 bridgehead atoms. The van der Waals surface area contributed by atoms with E-state index < -0.39 is 0 Å². The van der Waals surface area contributed by atoms with Crippen LogP contribution in [-0.4, -0.2) is 36.3 Å². The fraction of sp³-hybridized carbons (Fsp3) is 0.400. The molecule has 1 atom stereocenters. The molecule has 0 spiro atoms. The highest BCUT2D eigenvalue weighted by atomic mass is 16.1. The molecule has 0 fully saturated rings. The first-order chi connectivity index (χ1) is 8.66. The van der Waals surface area contributed by atoms with Crippen LogP contribution < -0.4 is 0 Å². The van der Waals surface area contributed by atoms with Crippen molar-refractivity contribution in [1.82, 2.24) is 9.88 Å². The van der Waals surface area contributed by atoms with Gasteiger partial charge in [-0.05, 0) is 33.0 Å². The highest BCUT2D eigenvalue weighted by Gasteiger charge is 2.30. The molecule has 0 saturated carbocycles. The summed E-state index contributed by atoms with van der Waals surface area (Å²) >= 11 is 0. The number of carbonyl (C=O) groups excluding carboxylic acids is 1. The normalized spacial score (nSPS) is 19.5. The van der Waals surface area contributed by atoms with E-state index in [9.17, 15) is 4.79 Å². The fourth-order valence-corrected chi connectivity index (χ4v) is 2.94. The standard InChI is InChI=1S/C15H18N2O/c1-17(2)9-10-7-8-13-14(15(10)18)11-5-3-4-6-12(11)16-13/h3-6,10,16H,7-9H2,1-2H3/t10-/m0/s1. The first kappa shape index (κ1) is 11.5. The molecular weight excluding hydrogens is 224 g/mol. The van der Waals surface area contributed by atoms with Gasteiger partial charge in [0.25, 0.3) is 0 Å². The Hall–Kier alpha value is -1.61. The van der Waals surface area contributed by atoms with Crippen LogP contribution >= 0.6 is 0 Å². The van der Waals surface area contributed by atoms with Crippen LogP contribution in [0.25, 0.3) is 10.9 Å². The van der Waals surface area contributed by atoms with Gasteiger partial charge in [-0.25, -0.2) is 0 Å². The van der Waals surface area contributed by atoms with E-state index in [0.717, 1.165) is 41.5 Å². The predicted molar refractivity (Wildman–Crippen MR) is 73.0 cm³/mol. The number of ketones is 1. The van der Waals surface area contributed by atoms with E-state index in [0.29, 0.717) is 5.78 Å². The number of Topliss-reactive ketones (excluding diaryl/α,β-unsaturated/α-hetero) is 1. The highest BCUT2D eigenvalue weighted by Crippen LogP contribution is 2.31. The van der Waals surface area contributed by atoms with Crippen molar-refractivity contribution >= 4 is 16.7 Å². The molecule has 1 aliphatic rings. The van der Waals surface area contributed by atoms with Crippen LogP contribution in [0, 0.1) is 5.92 Å². The Balaban J connectivity index is 2.06. The molecule has 0 amide bonds. The van der Waals surface area contributed by atoms with Crippen molar-refractivity contribution in [3.05, 3.63) is 35.5 Å². The number of hydrogen-bond acceptors (Lipinski definition) is 2. The Morgan fingerprint density at radius 3 is 2.89 bits per heavy atom. The fourth-order valence-electron chi connectivity index (χ4n) is 2.94. The number of aromatic amines is 1. The summed E-state index contributed by atoms with van der Waals surface area (Å²) < 4.78 is 0. The van der Waals surface area contributed by atoms with Crippen molar-refractivity contribution in [3.8, 4) is 0 Å². The third-order valence-corrected chi connectivity index (χ3v) is 3.73. The number of aromatic nitrogens is 1. The van der Waals surface area contributed by atoms with E-state index in [-0.39, 0.29) is 5.92 Å². The summed E-state index contributed by atoms with van der Waals surface area (Å²) in [5.74, 6) is 0.453. The summed E-state index contributed by atoms with van der Waals surface area (Å²) in [6.45, 7) is 0.845. The van der Waals surface area contributed by atoms with Crippen LogP contribution in [0.3, 0.4) is 0 Å². The first-order valence-corrected chi connectivity index (χ1v) is 6.45. The van der Waals surface area contributed by atoms with E-state index in [1.165, 1.54) is 0 Å². The topological polar surface area (TPSA) is 36.1 Å². The van der Waals surface area contributed by atoms with Gasteiger partial charge in [0, 0.05) is 34.6 Å². The Morgan fingerprint density at radius 2 is 2.11 bits per heavy atom. The van der Waals surface area contributed by atoms with Crippen molar-refractivity contribution in [2.24, 2.45) is 5.92 Å². The zero-order chi connectivity index (χ0) is 12.7. The molecule has 0 unspecified atom stereocenters. The van der Waals surface area contributed by atoms with E-state index in [4.69, 9.17) is 0 Å². The second-order valence-corrected chi connectivity index (χ2v) is 5.39. The number of fused-ring (bicyclic) bond motifs is 3. The lowest BCUT2D eigenvalue weighted by molar-refractivity contribution is 0.0879. The summed E-state index contributed by atoms with van der Waals surface area (Å²) in [5.41, 5.74) is 3.14. The van der Waals surface area contributed by atoms with E-state index in [1.807, 2.05) is 38.4 Å². The van der Waals surface area contributed by atoms with Crippen LogP contribution in [-0.2, 0) is 6.42 Å². The quantitative estimate of drug-likeness (QED) is 0.878. The first-order valence-electron chi connectivity index (χ1n) is 6.45. The summed E-state index contributed by atoms with van der Waals surface area (Å²) in [5, 5.41) is 1.08. The zero-order valence-corrected chi connectivity index (χ0v) is 10.9. The van der Waals surface area contributed by atoms with Crippen molar-refractivity contribution in [1.29, 1.82) is 0 Å². The molecule has 3 nitrogen and oxygen atoms in total. The van der Waals surface area contributed by atoms with Crippen LogP contribution in [0.2, 0.25) is 0 Å². The molecule has 94 valence electrons. The van der Waals surface area contributed by atoms with Crippen LogP contribution in [0.15, 0.2) is 24.3 Å². The summed E-state index contributed by atoms with van der Waals surface area (Å²) in [6.07, 6.45) is 1.94. The lowest BCUT2D eigenvalue weighted by Crippen LogP contribution is -2.31. The number of para-hydroxylation sites is 1. The van der Waals surface area contributed by atoms with E-state index >= 15 is 0 Å². The van der Waals surface area contributed by atoms with Gasteiger partial charge < -0.3 is 9.88 Å². The van der Waals surface area contributed by atoms with Crippen LogP contribution in [0.5, 0.6) is 0 Å². The lowest BCUT2D eigenvalue weighted by atomic mass is 9.85. The van der Waals surface area contributed by atoms with Gasteiger partial charge in [-0.15, -0.1) is 0 Å². The molecule has 1 N–H and O–H groups in total. The molecular formula is C15H18N2O. The Bertz CT molecular complexity index is 598. The number of nitrogens with one attached hydrogen (secondary N) is 1. The molecule has 1 heterocycles.